The van der Waals surface area contributed by atoms with E-state index in [1.54, 1.807) is 6.07 Å². The number of aliphatic hydroxyl groups excluding tert-OH is 1. The van der Waals surface area contributed by atoms with Crippen LogP contribution in [0.1, 0.15) is 23.7 Å². The molecule has 0 atom stereocenters. The van der Waals surface area contributed by atoms with Crippen molar-refractivity contribution in [1.82, 2.24) is 14.8 Å². The number of carbonyl (C=O) groups is 1. The lowest BCUT2D eigenvalue weighted by atomic mass is 10.1. The quantitative estimate of drug-likeness (QED) is 0.324. The first-order valence-corrected chi connectivity index (χ1v) is 8.78. The average Bonchev–Trinajstić information content (AvgIpc) is 3.04. The Morgan fingerprint density at radius 1 is 1.35 bits per heavy atom. The topological polar surface area (TPSA) is 128 Å². The molecule has 0 saturated heterocycles. The zero-order chi connectivity index (χ0) is 22.8. The maximum absolute atomic E-state index is 12.7. The Morgan fingerprint density at radius 2 is 2.10 bits per heavy atom. The lowest BCUT2D eigenvalue weighted by molar-refractivity contribution is -0.141. The summed E-state index contributed by atoms with van der Waals surface area (Å²) in [5.41, 5.74) is -0.206. The Labute approximate surface area is 173 Å². The highest BCUT2D eigenvalue weighted by Crippen LogP contribution is 2.28. The van der Waals surface area contributed by atoms with Crippen molar-refractivity contribution in [1.29, 1.82) is 10.7 Å². The van der Waals surface area contributed by atoms with Crippen LogP contribution in [0.4, 0.5) is 19.0 Å². The third-order valence-electron chi connectivity index (χ3n) is 4.34. The van der Waals surface area contributed by atoms with Gasteiger partial charge in [-0.2, -0.15) is 23.5 Å². The minimum atomic E-state index is -4.55. The fourth-order valence-corrected chi connectivity index (χ4v) is 2.82. The number of nitrogens with zero attached hydrogens (tertiary/aromatic N) is 4. The van der Waals surface area contributed by atoms with Crippen LogP contribution in [0.5, 0.6) is 0 Å². The molecule has 0 saturated carbocycles. The van der Waals surface area contributed by atoms with Crippen LogP contribution < -0.4 is 5.32 Å². The van der Waals surface area contributed by atoms with Crippen LogP contribution in [0.15, 0.2) is 48.4 Å². The number of hydrogen-bond acceptors (Lipinski definition) is 6. The van der Waals surface area contributed by atoms with Crippen molar-refractivity contribution in [2.75, 3.05) is 5.32 Å². The highest BCUT2D eigenvalue weighted by atomic mass is 19.4. The number of aromatic nitrogens is 3. The van der Waals surface area contributed by atoms with Crippen molar-refractivity contribution in [2.45, 2.75) is 19.6 Å². The van der Waals surface area contributed by atoms with Crippen LogP contribution in [0, 0.1) is 16.7 Å². The lowest BCUT2D eigenvalue weighted by Gasteiger charge is -2.07. The second-order valence-electron chi connectivity index (χ2n) is 6.52. The number of fused-ring (bicyclic) bond motifs is 1. The zero-order valence-corrected chi connectivity index (χ0v) is 16.0. The van der Waals surface area contributed by atoms with Crippen LogP contribution in [-0.4, -0.2) is 31.5 Å². The van der Waals surface area contributed by atoms with E-state index in [-0.39, 0.29) is 23.6 Å². The molecule has 0 aliphatic heterocycles. The Hall–Kier alpha value is -4.20. The molecule has 0 radical (unpaired) electrons. The molecule has 2 heterocycles. The van der Waals surface area contributed by atoms with E-state index in [4.69, 9.17) is 10.7 Å². The molecule has 0 aliphatic carbocycles. The molecule has 0 fully saturated rings. The van der Waals surface area contributed by atoms with Gasteiger partial charge in [0.25, 0.3) is 5.91 Å². The number of pyridine rings is 1. The monoisotopic (exact) mass is 428 g/mol. The summed E-state index contributed by atoms with van der Waals surface area (Å²) in [6.07, 6.45) is -2.96. The van der Waals surface area contributed by atoms with Gasteiger partial charge in [0, 0.05) is 17.3 Å². The molecule has 1 amide bonds. The second-order valence-corrected chi connectivity index (χ2v) is 6.52. The smallest absolute Gasteiger partial charge is 0.433 e. The molecule has 3 aromatic rings. The van der Waals surface area contributed by atoms with E-state index in [1.807, 2.05) is 6.07 Å². The van der Waals surface area contributed by atoms with Gasteiger partial charge in [-0.05, 0) is 36.8 Å². The first-order chi connectivity index (χ1) is 14.6. The van der Waals surface area contributed by atoms with E-state index >= 15 is 0 Å². The fourth-order valence-electron chi connectivity index (χ4n) is 2.82. The standard InChI is InChI=1S/C20H15F3N6O2/c1-11(25)15(10-30)19(31)27-18-14-6-12(7-24)2-4-16(14)29(28-18)9-13-3-5-17(26-8-13)20(21,22)23/h2-6,8,10,25,30H,9H2,1H3,(H,27,28,31)/b15-10+,25-11?. The number of alkyl halides is 3. The second kappa shape index (κ2) is 8.27. The van der Waals surface area contributed by atoms with Crippen LogP contribution in [0.2, 0.25) is 0 Å². The van der Waals surface area contributed by atoms with Crippen molar-refractivity contribution < 1.29 is 23.1 Å². The van der Waals surface area contributed by atoms with Crippen molar-refractivity contribution in [3.63, 3.8) is 0 Å². The molecule has 3 N–H and O–H groups in total. The molecular formula is C20H15F3N6O2. The van der Waals surface area contributed by atoms with E-state index < -0.39 is 17.8 Å². The van der Waals surface area contributed by atoms with Gasteiger partial charge >= 0.3 is 6.18 Å². The van der Waals surface area contributed by atoms with E-state index in [0.717, 1.165) is 12.3 Å². The highest BCUT2D eigenvalue weighted by Gasteiger charge is 2.32. The Morgan fingerprint density at radius 3 is 2.65 bits per heavy atom. The number of amides is 1. The van der Waals surface area contributed by atoms with E-state index in [2.05, 4.69) is 15.4 Å². The number of nitriles is 1. The molecule has 0 bridgehead atoms. The Balaban J connectivity index is 2.00. The average molecular weight is 428 g/mol. The van der Waals surface area contributed by atoms with Gasteiger partial charge in [0.2, 0.25) is 0 Å². The van der Waals surface area contributed by atoms with E-state index in [0.29, 0.717) is 28.3 Å². The summed E-state index contributed by atoms with van der Waals surface area (Å²) in [5.74, 6) is -0.710. The maximum atomic E-state index is 12.7. The molecular weight excluding hydrogens is 413 g/mol. The third-order valence-corrected chi connectivity index (χ3v) is 4.34. The van der Waals surface area contributed by atoms with E-state index in [1.165, 1.54) is 29.8 Å². The minimum absolute atomic E-state index is 0.0513. The number of aliphatic hydroxyl groups is 1. The molecule has 3 rings (SSSR count). The molecule has 0 spiro atoms. The third kappa shape index (κ3) is 4.53. The summed E-state index contributed by atoms with van der Waals surface area (Å²) in [4.78, 5) is 15.8. The van der Waals surface area contributed by atoms with Crippen LogP contribution in [0.25, 0.3) is 10.9 Å². The molecule has 158 valence electrons. The first kappa shape index (κ1) is 21.5. The lowest BCUT2D eigenvalue weighted by Crippen LogP contribution is -2.19. The molecule has 11 heteroatoms. The molecule has 8 nitrogen and oxygen atoms in total. The van der Waals surface area contributed by atoms with Gasteiger partial charge in [-0.1, -0.05) is 6.07 Å². The van der Waals surface area contributed by atoms with Gasteiger partial charge in [-0.15, -0.1) is 0 Å². The summed E-state index contributed by atoms with van der Waals surface area (Å²) < 4.78 is 39.6. The van der Waals surface area contributed by atoms with E-state index in [9.17, 15) is 23.1 Å². The highest BCUT2D eigenvalue weighted by molar-refractivity contribution is 6.24. The molecule has 2 aromatic heterocycles. The van der Waals surface area contributed by atoms with Crippen LogP contribution >= 0.6 is 0 Å². The van der Waals surface area contributed by atoms with Crippen molar-refractivity contribution in [3.8, 4) is 6.07 Å². The maximum Gasteiger partial charge on any atom is 0.433 e. The normalized spacial score (nSPS) is 11.9. The Kier molecular flexibility index (Phi) is 5.74. The first-order valence-electron chi connectivity index (χ1n) is 8.78. The molecule has 1 aromatic carbocycles. The van der Waals surface area contributed by atoms with Crippen LogP contribution in [0.3, 0.4) is 0 Å². The van der Waals surface area contributed by atoms with Gasteiger partial charge in [0.05, 0.1) is 35.5 Å². The number of hydrogen-bond donors (Lipinski definition) is 3. The summed E-state index contributed by atoms with van der Waals surface area (Å²) in [6, 6.07) is 8.75. The molecule has 31 heavy (non-hydrogen) atoms. The zero-order valence-electron chi connectivity index (χ0n) is 16.0. The number of anilines is 1. The van der Waals surface area contributed by atoms with Gasteiger partial charge in [-0.3, -0.25) is 14.5 Å². The molecule has 0 unspecified atom stereocenters. The summed E-state index contributed by atoms with van der Waals surface area (Å²) in [5, 5.41) is 33.1. The van der Waals surface area contributed by atoms with Crippen molar-refractivity contribution in [3.05, 3.63) is 65.2 Å². The van der Waals surface area contributed by atoms with Crippen LogP contribution in [-0.2, 0) is 17.5 Å². The number of carbonyl (C=O) groups excluding carboxylic acids is 1. The fraction of sp³-hybridized carbons (Fsp3) is 0.150. The summed E-state index contributed by atoms with van der Waals surface area (Å²) in [7, 11) is 0. The van der Waals surface area contributed by atoms with Gasteiger partial charge in [-0.25, -0.2) is 0 Å². The Bertz CT molecular complexity index is 1240. The van der Waals surface area contributed by atoms with Crippen molar-refractivity contribution >= 4 is 28.3 Å². The number of rotatable bonds is 5. The van der Waals surface area contributed by atoms with Crippen molar-refractivity contribution in [2.24, 2.45) is 0 Å². The molecule has 0 aliphatic rings. The SMILES string of the molecule is CC(=N)/C(=C\O)C(=O)Nc1nn(Cc2ccc(C(F)(F)F)nc2)c2ccc(C#N)cc12. The summed E-state index contributed by atoms with van der Waals surface area (Å²) >= 11 is 0. The predicted molar refractivity (Wildman–Crippen MR) is 106 cm³/mol. The van der Waals surface area contributed by atoms with Gasteiger partial charge < -0.3 is 15.8 Å². The largest absolute Gasteiger partial charge is 0.515 e. The predicted octanol–water partition coefficient (Wildman–Crippen LogP) is 3.79. The number of halogens is 3. The number of nitrogens with one attached hydrogen (secondary N) is 2. The van der Waals surface area contributed by atoms with Gasteiger partial charge in [0.1, 0.15) is 5.69 Å². The minimum Gasteiger partial charge on any atom is -0.515 e. The summed E-state index contributed by atoms with van der Waals surface area (Å²) in [6.45, 7) is 1.37. The number of benzene rings is 1. The van der Waals surface area contributed by atoms with Gasteiger partial charge in [0.15, 0.2) is 5.82 Å².